The first-order valence-electron chi connectivity index (χ1n) is 4.64. The van der Waals surface area contributed by atoms with Crippen LogP contribution in [0.2, 0.25) is 0 Å². The van der Waals surface area contributed by atoms with Crippen LogP contribution in [0.3, 0.4) is 0 Å². The van der Waals surface area contributed by atoms with Gasteiger partial charge in [-0.25, -0.2) is 0 Å². The quantitative estimate of drug-likeness (QED) is 0.678. The summed E-state index contributed by atoms with van der Waals surface area (Å²) in [5.41, 5.74) is 2.48. The van der Waals surface area contributed by atoms with Gasteiger partial charge in [-0.05, 0) is 24.0 Å². The number of hydrogen-bond donors (Lipinski definition) is 0. The summed E-state index contributed by atoms with van der Waals surface area (Å²) >= 11 is 0. The zero-order chi connectivity index (χ0) is 9.68. The largest absolute Gasteiger partial charge is 0.259 e. The van der Waals surface area contributed by atoms with Gasteiger partial charge in [-0.1, -0.05) is 31.7 Å². The summed E-state index contributed by atoms with van der Waals surface area (Å²) in [6.45, 7) is 5.88. The Balaban J connectivity index is 2.83. The minimum absolute atomic E-state index is 0.653. The van der Waals surface area contributed by atoms with Gasteiger partial charge in [-0.15, -0.1) is 0 Å². The van der Waals surface area contributed by atoms with Gasteiger partial charge < -0.3 is 0 Å². The summed E-state index contributed by atoms with van der Waals surface area (Å²) < 4.78 is 11.3. The van der Waals surface area contributed by atoms with Crippen molar-refractivity contribution in [3.63, 3.8) is 0 Å². The fourth-order valence-corrected chi connectivity index (χ4v) is 2.59. The Kier molecular flexibility index (Phi) is 4.16. The smallest absolute Gasteiger partial charge is 0.0488 e. The van der Waals surface area contributed by atoms with E-state index in [2.05, 4.69) is 25.7 Å². The standard InChI is InChI=1S/C11H16OS/c1-3-5-6-11-9-13(12)8-7-10(11)4-2/h4-6H,2-3,7-9H2,1H3/b6-5-. The molecule has 0 aromatic heterocycles. The zero-order valence-electron chi connectivity index (χ0n) is 8.08. The maximum absolute atomic E-state index is 11.3. The molecule has 0 aromatic rings. The van der Waals surface area contributed by atoms with Gasteiger partial charge in [0, 0.05) is 22.3 Å². The molecule has 0 aliphatic carbocycles. The van der Waals surface area contributed by atoms with Crippen LogP contribution >= 0.6 is 0 Å². The van der Waals surface area contributed by atoms with E-state index in [9.17, 15) is 4.21 Å². The van der Waals surface area contributed by atoms with E-state index in [1.54, 1.807) is 0 Å². The minimum Gasteiger partial charge on any atom is -0.259 e. The highest BCUT2D eigenvalue weighted by Crippen LogP contribution is 2.19. The van der Waals surface area contributed by atoms with Crippen LogP contribution in [0.5, 0.6) is 0 Å². The Morgan fingerprint density at radius 1 is 1.54 bits per heavy atom. The molecule has 0 N–H and O–H groups in total. The molecule has 0 aromatic carbocycles. The van der Waals surface area contributed by atoms with Crippen molar-refractivity contribution < 1.29 is 4.21 Å². The topological polar surface area (TPSA) is 17.1 Å². The average molecular weight is 196 g/mol. The van der Waals surface area contributed by atoms with Crippen LogP contribution in [0.1, 0.15) is 19.8 Å². The molecule has 0 spiro atoms. The molecule has 1 nitrogen and oxygen atoms in total. The maximum atomic E-state index is 11.3. The molecule has 1 aliphatic heterocycles. The third-order valence-corrected chi connectivity index (χ3v) is 3.42. The first kappa shape index (κ1) is 10.5. The van der Waals surface area contributed by atoms with Crippen molar-refractivity contribution in [2.24, 2.45) is 0 Å². The SMILES string of the molecule is C=CC1=C(/C=C\CC)CS(=O)CC1. The van der Waals surface area contributed by atoms with Crippen LogP contribution in [0.4, 0.5) is 0 Å². The van der Waals surface area contributed by atoms with E-state index in [-0.39, 0.29) is 0 Å². The molecule has 0 fully saturated rings. The number of allylic oxidation sites excluding steroid dienone is 4. The van der Waals surface area contributed by atoms with Crippen molar-refractivity contribution in [2.75, 3.05) is 11.5 Å². The highest BCUT2D eigenvalue weighted by atomic mass is 32.2. The van der Waals surface area contributed by atoms with Crippen LogP contribution in [-0.4, -0.2) is 15.7 Å². The highest BCUT2D eigenvalue weighted by molar-refractivity contribution is 7.85. The second-order valence-corrected chi connectivity index (χ2v) is 4.68. The molecule has 0 amide bonds. The third kappa shape index (κ3) is 2.96. The molecule has 0 bridgehead atoms. The highest BCUT2D eigenvalue weighted by Gasteiger charge is 2.12. The summed E-state index contributed by atoms with van der Waals surface area (Å²) in [4.78, 5) is 0. The van der Waals surface area contributed by atoms with Crippen LogP contribution in [0.15, 0.2) is 36.0 Å². The molecule has 2 heteroatoms. The van der Waals surface area contributed by atoms with Crippen molar-refractivity contribution in [1.82, 2.24) is 0 Å². The fraction of sp³-hybridized carbons (Fsp3) is 0.455. The van der Waals surface area contributed by atoms with Crippen molar-refractivity contribution in [2.45, 2.75) is 19.8 Å². The van der Waals surface area contributed by atoms with Gasteiger partial charge in [0.2, 0.25) is 0 Å². The van der Waals surface area contributed by atoms with Crippen molar-refractivity contribution in [3.05, 3.63) is 36.0 Å². The molecule has 72 valence electrons. The lowest BCUT2D eigenvalue weighted by Gasteiger charge is -2.14. The molecule has 1 aliphatic rings. The van der Waals surface area contributed by atoms with E-state index >= 15 is 0 Å². The van der Waals surface area contributed by atoms with Crippen LogP contribution in [0.25, 0.3) is 0 Å². The van der Waals surface area contributed by atoms with Gasteiger partial charge in [0.25, 0.3) is 0 Å². The van der Waals surface area contributed by atoms with Crippen LogP contribution in [0, 0.1) is 0 Å². The second-order valence-electron chi connectivity index (χ2n) is 3.10. The van der Waals surface area contributed by atoms with Crippen LogP contribution in [-0.2, 0) is 10.8 Å². The second kappa shape index (κ2) is 5.18. The van der Waals surface area contributed by atoms with Gasteiger partial charge in [0.15, 0.2) is 0 Å². The molecule has 1 rings (SSSR count). The summed E-state index contributed by atoms with van der Waals surface area (Å²) in [6.07, 6.45) is 8.04. The lowest BCUT2D eigenvalue weighted by Crippen LogP contribution is -2.12. The first-order valence-corrected chi connectivity index (χ1v) is 6.12. The van der Waals surface area contributed by atoms with E-state index in [1.165, 1.54) is 11.1 Å². The summed E-state index contributed by atoms with van der Waals surface area (Å²) in [6, 6.07) is 0. The van der Waals surface area contributed by atoms with Gasteiger partial charge in [-0.2, -0.15) is 0 Å². The Morgan fingerprint density at radius 2 is 2.31 bits per heavy atom. The van der Waals surface area contributed by atoms with Gasteiger partial charge in [-0.3, -0.25) is 4.21 Å². The molecule has 0 radical (unpaired) electrons. The Bertz CT molecular complexity index is 274. The maximum Gasteiger partial charge on any atom is 0.0488 e. The lowest BCUT2D eigenvalue weighted by atomic mass is 10.1. The monoisotopic (exact) mass is 196 g/mol. The van der Waals surface area contributed by atoms with E-state index in [0.29, 0.717) is 5.75 Å². The molecule has 0 saturated carbocycles. The van der Waals surface area contributed by atoms with E-state index in [0.717, 1.165) is 18.6 Å². The fourth-order valence-electron chi connectivity index (χ4n) is 1.37. The Labute approximate surface area is 82.7 Å². The minimum atomic E-state index is -0.653. The first-order chi connectivity index (χ1) is 6.27. The van der Waals surface area contributed by atoms with Crippen molar-refractivity contribution in [3.8, 4) is 0 Å². The molecule has 13 heavy (non-hydrogen) atoms. The molecule has 0 saturated heterocycles. The van der Waals surface area contributed by atoms with Crippen LogP contribution < -0.4 is 0 Å². The Hall–Kier alpha value is -0.630. The zero-order valence-corrected chi connectivity index (χ0v) is 8.90. The Morgan fingerprint density at radius 3 is 2.92 bits per heavy atom. The summed E-state index contributed by atoms with van der Waals surface area (Å²) in [7, 11) is -0.653. The van der Waals surface area contributed by atoms with E-state index < -0.39 is 10.8 Å². The third-order valence-electron chi connectivity index (χ3n) is 2.13. The average Bonchev–Trinajstić information content (AvgIpc) is 2.15. The predicted molar refractivity (Wildman–Crippen MR) is 59.1 cm³/mol. The molecule has 1 unspecified atom stereocenters. The molecular weight excluding hydrogens is 180 g/mol. The lowest BCUT2D eigenvalue weighted by molar-refractivity contribution is 0.682. The van der Waals surface area contributed by atoms with Gasteiger partial charge in [0.1, 0.15) is 0 Å². The van der Waals surface area contributed by atoms with Crippen molar-refractivity contribution >= 4 is 10.8 Å². The summed E-state index contributed by atoms with van der Waals surface area (Å²) in [5, 5.41) is 0. The van der Waals surface area contributed by atoms with E-state index in [4.69, 9.17) is 0 Å². The normalized spacial score (nSPS) is 23.9. The van der Waals surface area contributed by atoms with Gasteiger partial charge in [0.05, 0.1) is 0 Å². The molecular formula is C11H16OS. The predicted octanol–water partition coefficient (Wildman–Crippen LogP) is 2.59. The molecule has 1 atom stereocenters. The van der Waals surface area contributed by atoms with E-state index in [1.807, 2.05) is 6.08 Å². The van der Waals surface area contributed by atoms with Crippen molar-refractivity contribution in [1.29, 1.82) is 0 Å². The number of hydrogen-bond acceptors (Lipinski definition) is 1. The van der Waals surface area contributed by atoms with Gasteiger partial charge >= 0.3 is 0 Å². The number of rotatable bonds is 3. The summed E-state index contributed by atoms with van der Waals surface area (Å²) in [5.74, 6) is 1.50. The molecule has 1 heterocycles.